The number of pyridine rings is 1. The fraction of sp³-hybridized carbons (Fsp3) is 0.545. The monoisotopic (exact) mass is 226 g/mol. The van der Waals surface area contributed by atoms with Crippen LogP contribution in [0.4, 0.5) is 5.69 Å². The van der Waals surface area contributed by atoms with E-state index in [0.29, 0.717) is 11.6 Å². The Labute approximate surface area is 95.1 Å². The summed E-state index contributed by atoms with van der Waals surface area (Å²) < 4.78 is 5.49. The van der Waals surface area contributed by atoms with Crippen molar-refractivity contribution in [3.8, 4) is 5.88 Å². The van der Waals surface area contributed by atoms with E-state index in [9.17, 15) is 5.11 Å². The maximum Gasteiger partial charge on any atom is 0.237 e. The zero-order valence-electron chi connectivity index (χ0n) is 9.55. The maximum atomic E-state index is 9.22. The fourth-order valence-electron chi connectivity index (χ4n) is 1.13. The lowest BCUT2D eigenvalue weighted by molar-refractivity contribution is 0.105. The Hall–Kier alpha value is -1.33. The van der Waals surface area contributed by atoms with Crippen LogP contribution in [0.1, 0.15) is 13.8 Å². The molecule has 1 heterocycles. The van der Waals surface area contributed by atoms with E-state index < -0.39 is 6.10 Å². The molecule has 0 saturated heterocycles. The average Bonchev–Trinajstić information content (AvgIpc) is 2.26. The fourth-order valence-corrected chi connectivity index (χ4v) is 1.13. The maximum absolute atomic E-state index is 9.22. The van der Waals surface area contributed by atoms with E-state index in [1.807, 2.05) is 19.9 Å². The van der Waals surface area contributed by atoms with Gasteiger partial charge in [-0.15, -0.1) is 0 Å². The zero-order valence-corrected chi connectivity index (χ0v) is 9.55. The number of aliphatic hydroxyl groups excluding tert-OH is 2. The van der Waals surface area contributed by atoms with Crippen molar-refractivity contribution in [2.45, 2.75) is 26.1 Å². The van der Waals surface area contributed by atoms with Crippen LogP contribution in [0.2, 0.25) is 0 Å². The van der Waals surface area contributed by atoms with Gasteiger partial charge in [0, 0.05) is 12.7 Å². The minimum absolute atomic E-state index is 0.0400. The Morgan fingerprint density at radius 1 is 1.50 bits per heavy atom. The third kappa shape index (κ3) is 4.04. The number of hydrogen-bond acceptors (Lipinski definition) is 5. The lowest BCUT2D eigenvalue weighted by atomic mass is 10.3. The number of rotatable bonds is 6. The van der Waals surface area contributed by atoms with E-state index in [4.69, 9.17) is 9.84 Å². The number of aliphatic hydroxyl groups is 2. The smallest absolute Gasteiger partial charge is 0.237 e. The van der Waals surface area contributed by atoms with Gasteiger partial charge in [-0.2, -0.15) is 0 Å². The third-order valence-electron chi connectivity index (χ3n) is 1.86. The quantitative estimate of drug-likeness (QED) is 0.663. The number of nitrogens with one attached hydrogen (secondary N) is 1. The summed E-state index contributed by atoms with van der Waals surface area (Å²) >= 11 is 0. The number of ether oxygens (including phenoxy) is 1. The molecular formula is C11H18N2O3. The van der Waals surface area contributed by atoms with E-state index in [1.165, 1.54) is 0 Å². The normalized spacial score (nSPS) is 12.6. The van der Waals surface area contributed by atoms with Gasteiger partial charge in [-0.05, 0) is 26.0 Å². The lowest BCUT2D eigenvalue weighted by Gasteiger charge is -2.15. The Kier molecular flexibility index (Phi) is 5.01. The summed E-state index contributed by atoms with van der Waals surface area (Å²) in [7, 11) is 0. The molecule has 0 amide bonds. The molecule has 1 rings (SSSR count). The molecule has 0 aliphatic heterocycles. The van der Waals surface area contributed by atoms with Crippen molar-refractivity contribution in [2.24, 2.45) is 0 Å². The average molecular weight is 226 g/mol. The number of aromatic nitrogens is 1. The Morgan fingerprint density at radius 3 is 2.88 bits per heavy atom. The molecule has 1 atom stereocenters. The second kappa shape index (κ2) is 6.30. The van der Waals surface area contributed by atoms with Crippen LogP contribution in [0, 0.1) is 0 Å². The van der Waals surface area contributed by atoms with E-state index in [-0.39, 0.29) is 19.3 Å². The summed E-state index contributed by atoms with van der Waals surface area (Å²) in [5.74, 6) is 0.502. The predicted octanol–water partition coefficient (Wildman–Crippen LogP) is 0.634. The van der Waals surface area contributed by atoms with Crippen LogP contribution in [-0.4, -0.2) is 40.6 Å². The molecule has 0 radical (unpaired) electrons. The molecule has 0 aliphatic carbocycles. The highest BCUT2D eigenvalue weighted by Gasteiger charge is 2.08. The van der Waals surface area contributed by atoms with E-state index >= 15 is 0 Å². The summed E-state index contributed by atoms with van der Waals surface area (Å²) in [6, 6.07) is 3.59. The van der Waals surface area contributed by atoms with Gasteiger partial charge in [0.25, 0.3) is 0 Å². The molecule has 0 fully saturated rings. The number of nitrogens with zero attached hydrogens (tertiary/aromatic N) is 1. The van der Waals surface area contributed by atoms with Crippen molar-refractivity contribution in [2.75, 3.05) is 18.5 Å². The SMILES string of the molecule is CC(C)Oc1ncccc1NCC(O)CO. The van der Waals surface area contributed by atoms with Crippen molar-refractivity contribution in [1.29, 1.82) is 0 Å². The highest BCUT2D eigenvalue weighted by atomic mass is 16.5. The van der Waals surface area contributed by atoms with Crippen LogP contribution in [0.25, 0.3) is 0 Å². The lowest BCUT2D eigenvalue weighted by Crippen LogP contribution is -2.23. The largest absolute Gasteiger partial charge is 0.473 e. The number of hydrogen-bond donors (Lipinski definition) is 3. The standard InChI is InChI=1S/C11H18N2O3/c1-8(2)16-11-10(4-3-5-12-11)13-6-9(15)7-14/h3-5,8-9,13-15H,6-7H2,1-2H3. The first-order chi connectivity index (χ1) is 7.63. The molecule has 0 aliphatic rings. The van der Waals surface area contributed by atoms with Crippen molar-refractivity contribution in [1.82, 2.24) is 4.98 Å². The summed E-state index contributed by atoms with van der Waals surface area (Å²) in [4.78, 5) is 4.09. The molecule has 0 saturated carbocycles. The molecule has 1 unspecified atom stereocenters. The van der Waals surface area contributed by atoms with Gasteiger partial charge in [-0.1, -0.05) is 0 Å². The predicted molar refractivity (Wildman–Crippen MR) is 61.6 cm³/mol. The molecule has 3 N–H and O–H groups in total. The molecule has 0 bridgehead atoms. The Morgan fingerprint density at radius 2 is 2.25 bits per heavy atom. The molecule has 1 aromatic heterocycles. The highest BCUT2D eigenvalue weighted by molar-refractivity contribution is 5.52. The van der Waals surface area contributed by atoms with Gasteiger partial charge in [-0.25, -0.2) is 4.98 Å². The first-order valence-corrected chi connectivity index (χ1v) is 5.28. The Bertz CT molecular complexity index is 318. The molecule has 5 nitrogen and oxygen atoms in total. The van der Waals surface area contributed by atoms with Crippen LogP contribution in [0.5, 0.6) is 5.88 Å². The molecule has 5 heteroatoms. The molecular weight excluding hydrogens is 208 g/mol. The zero-order chi connectivity index (χ0) is 12.0. The van der Waals surface area contributed by atoms with E-state index in [2.05, 4.69) is 10.3 Å². The minimum Gasteiger partial charge on any atom is -0.473 e. The second-order valence-electron chi connectivity index (χ2n) is 3.74. The summed E-state index contributed by atoms with van der Waals surface area (Å²) in [5.41, 5.74) is 0.712. The topological polar surface area (TPSA) is 74.6 Å². The van der Waals surface area contributed by atoms with Gasteiger partial charge < -0.3 is 20.3 Å². The first-order valence-electron chi connectivity index (χ1n) is 5.28. The molecule has 0 aromatic carbocycles. The molecule has 90 valence electrons. The van der Waals surface area contributed by atoms with Crippen molar-refractivity contribution < 1.29 is 14.9 Å². The second-order valence-corrected chi connectivity index (χ2v) is 3.74. The molecule has 1 aromatic rings. The van der Waals surface area contributed by atoms with Gasteiger partial charge in [0.05, 0.1) is 24.5 Å². The molecule has 16 heavy (non-hydrogen) atoms. The van der Waals surface area contributed by atoms with Crippen LogP contribution in [0.15, 0.2) is 18.3 Å². The van der Waals surface area contributed by atoms with Crippen LogP contribution in [-0.2, 0) is 0 Å². The van der Waals surface area contributed by atoms with Crippen LogP contribution >= 0.6 is 0 Å². The van der Waals surface area contributed by atoms with Crippen LogP contribution in [0.3, 0.4) is 0 Å². The third-order valence-corrected chi connectivity index (χ3v) is 1.86. The van der Waals surface area contributed by atoms with Gasteiger partial charge in [-0.3, -0.25) is 0 Å². The van der Waals surface area contributed by atoms with Crippen LogP contribution < -0.4 is 10.1 Å². The number of anilines is 1. The van der Waals surface area contributed by atoms with Crippen molar-refractivity contribution in [3.05, 3.63) is 18.3 Å². The van der Waals surface area contributed by atoms with Crippen molar-refractivity contribution >= 4 is 5.69 Å². The van der Waals surface area contributed by atoms with Crippen molar-refractivity contribution in [3.63, 3.8) is 0 Å². The van der Waals surface area contributed by atoms with Gasteiger partial charge in [0.15, 0.2) is 0 Å². The van der Waals surface area contributed by atoms with E-state index in [1.54, 1.807) is 12.3 Å². The first kappa shape index (κ1) is 12.7. The summed E-state index contributed by atoms with van der Waals surface area (Å²) in [5, 5.41) is 20.9. The van der Waals surface area contributed by atoms with Gasteiger partial charge >= 0.3 is 0 Å². The Balaban J connectivity index is 2.63. The molecule has 0 spiro atoms. The summed E-state index contributed by atoms with van der Waals surface area (Å²) in [6.45, 7) is 3.83. The minimum atomic E-state index is -0.785. The highest BCUT2D eigenvalue weighted by Crippen LogP contribution is 2.21. The van der Waals surface area contributed by atoms with E-state index in [0.717, 1.165) is 0 Å². The summed E-state index contributed by atoms with van der Waals surface area (Å²) in [6.07, 6.45) is 0.899. The van der Waals surface area contributed by atoms with Gasteiger partial charge in [0.2, 0.25) is 5.88 Å². The van der Waals surface area contributed by atoms with Gasteiger partial charge in [0.1, 0.15) is 0 Å².